The van der Waals surface area contributed by atoms with Crippen molar-refractivity contribution in [3.63, 3.8) is 0 Å². The van der Waals surface area contributed by atoms with Crippen LogP contribution in [0.3, 0.4) is 0 Å². The summed E-state index contributed by atoms with van der Waals surface area (Å²) >= 11 is 0. The van der Waals surface area contributed by atoms with E-state index in [4.69, 9.17) is 0 Å². The highest BCUT2D eigenvalue weighted by molar-refractivity contribution is 6.33. The summed E-state index contributed by atoms with van der Waals surface area (Å²) in [6, 6.07) is 7.26. The van der Waals surface area contributed by atoms with Gasteiger partial charge in [0.25, 0.3) is 5.56 Å². The Bertz CT molecular complexity index is 1010. The fourth-order valence-electron chi connectivity index (χ4n) is 2.55. The molecule has 1 aromatic heterocycles. The van der Waals surface area contributed by atoms with Crippen molar-refractivity contribution in [2.45, 2.75) is 0 Å². The molecule has 0 radical (unpaired) electrons. The number of allylic oxidation sites excluding steroid dienone is 2. The van der Waals surface area contributed by atoms with Crippen LogP contribution in [0.4, 0.5) is 0 Å². The summed E-state index contributed by atoms with van der Waals surface area (Å²) in [6.07, 6.45) is 4.45. The molecule has 1 aliphatic rings. The van der Waals surface area contributed by atoms with Gasteiger partial charge in [0.15, 0.2) is 5.78 Å². The van der Waals surface area contributed by atoms with E-state index in [-0.39, 0.29) is 11.3 Å². The molecule has 6 nitrogen and oxygen atoms in total. The molecule has 0 atom stereocenters. The summed E-state index contributed by atoms with van der Waals surface area (Å²) in [5, 5.41) is 10.1. The fourth-order valence-corrected chi connectivity index (χ4v) is 2.55. The van der Waals surface area contributed by atoms with Crippen molar-refractivity contribution in [1.29, 1.82) is 0 Å². The number of aromatic nitrogens is 2. The van der Waals surface area contributed by atoms with Gasteiger partial charge in [0, 0.05) is 19.7 Å². The molecular formula is C17H14N2O4. The van der Waals surface area contributed by atoms with Gasteiger partial charge in [0.2, 0.25) is 5.88 Å². The second-order valence-electron chi connectivity index (χ2n) is 5.29. The van der Waals surface area contributed by atoms with Gasteiger partial charge in [-0.3, -0.25) is 18.7 Å². The maximum atomic E-state index is 12.3. The molecule has 3 rings (SSSR count). The zero-order valence-electron chi connectivity index (χ0n) is 12.6. The summed E-state index contributed by atoms with van der Waals surface area (Å²) in [6.45, 7) is 0. The predicted molar refractivity (Wildman–Crippen MR) is 86.9 cm³/mol. The maximum Gasteiger partial charge on any atom is 0.333 e. The van der Waals surface area contributed by atoms with E-state index in [1.165, 1.54) is 26.2 Å². The first-order valence-electron chi connectivity index (χ1n) is 6.94. The Morgan fingerprint density at radius 2 is 1.70 bits per heavy atom. The number of hydrogen-bond acceptors (Lipinski definition) is 4. The van der Waals surface area contributed by atoms with Gasteiger partial charge in [-0.1, -0.05) is 30.3 Å². The molecule has 1 aromatic carbocycles. The summed E-state index contributed by atoms with van der Waals surface area (Å²) in [7, 11) is 2.68. The van der Waals surface area contributed by atoms with Crippen LogP contribution in [0.5, 0.6) is 5.88 Å². The number of nitrogens with zero attached hydrogens (tertiary/aromatic N) is 2. The number of benzene rings is 1. The molecule has 1 heterocycles. The van der Waals surface area contributed by atoms with Crippen LogP contribution < -0.4 is 11.2 Å². The molecule has 116 valence electrons. The van der Waals surface area contributed by atoms with Gasteiger partial charge in [-0.15, -0.1) is 0 Å². The lowest BCUT2D eigenvalue weighted by Gasteiger charge is -2.14. The van der Waals surface area contributed by atoms with Crippen molar-refractivity contribution < 1.29 is 9.90 Å². The van der Waals surface area contributed by atoms with Crippen LogP contribution >= 0.6 is 0 Å². The SMILES string of the molecule is Cn1c(O)c(/C=C2/C(=O)C=Cc3ccccc32)c(=O)n(C)c1=O. The quantitative estimate of drug-likeness (QED) is 0.794. The minimum Gasteiger partial charge on any atom is -0.494 e. The average Bonchev–Trinajstić information content (AvgIpc) is 2.56. The Balaban J connectivity index is 2.32. The first kappa shape index (κ1) is 14.8. The molecule has 23 heavy (non-hydrogen) atoms. The molecule has 0 saturated carbocycles. The molecule has 0 aliphatic heterocycles. The van der Waals surface area contributed by atoms with Gasteiger partial charge < -0.3 is 5.11 Å². The number of carbonyl (C=O) groups is 1. The molecule has 1 aliphatic carbocycles. The molecule has 2 aromatic rings. The molecule has 0 spiro atoms. The third-order valence-electron chi connectivity index (χ3n) is 3.89. The van der Waals surface area contributed by atoms with E-state index in [1.807, 2.05) is 12.1 Å². The lowest BCUT2D eigenvalue weighted by molar-refractivity contribution is -0.109. The van der Waals surface area contributed by atoms with Gasteiger partial charge in [-0.05, 0) is 23.3 Å². The van der Waals surface area contributed by atoms with Crippen molar-refractivity contribution in [1.82, 2.24) is 9.13 Å². The van der Waals surface area contributed by atoms with Crippen molar-refractivity contribution >= 4 is 23.5 Å². The number of aromatic hydroxyl groups is 1. The number of rotatable bonds is 1. The average molecular weight is 310 g/mol. The largest absolute Gasteiger partial charge is 0.494 e. The normalized spacial score (nSPS) is 15.0. The summed E-state index contributed by atoms with van der Waals surface area (Å²) in [5.74, 6) is -0.732. The lowest BCUT2D eigenvalue weighted by atomic mass is 9.90. The van der Waals surface area contributed by atoms with Gasteiger partial charge in [-0.25, -0.2) is 4.79 Å². The van der Waals surface area contributed by atoms with E-state index in [1.54, 1.807) is 18.2 Å². The Morgan fingerprint density at radius 1 is 1.00 bits per heavy atom. The van der Waals surface area contributed by atoms with Crippen LogP contribution in [0.2, 0.25) is 0 Å². The molecular weight excluding hydrogens is 296 g/mol. The number of fused-ring (bicyclic) bond motifs is 1. The molecule has 0 amide bonds. The van der Waals surface area contributed by atoms with Gasteiger partial charge >= 0.3 is 5.69 Å². The highest BCUT2D eigenvalue weighted by atomic mass is 16.3. The standard InChI is InChI=1S/C17H14N2O4/c1-18-15(21)13(16(22)19(2)17(18)23)9-12-11-6-4-3-5-10(11)7-8-14(12)20/h3-9,21H,1-2H3/b12-9+. The minimum atomic E-state index is -0.655. The number of carbonyl (C=O) groups excluding carboxylic acids is 1. The molecule has 6 heteroatoms. The van der Waals surface area contributed by atoms with Crippen molar-refractivity contribution in [2.24, 2.45) is 14.1 Å². The van der Waals surface area contributed by atoms with Crippen molar-refractivity contribution in [3.05, 3.63) is 67.9 Å². The highest BCUT2D eigenvalue weighted by Gasteiger charge is 2.20. The summed E-state index contributed by atoms with van der Waals surface area (Å²) in [4.78, 5) is 36.3. The molecule has 0 fully saturated rings. The Hall–Kier alpha value is -3.15. The molecule has 1 N–H and O–H groups in total. The van der Waals surface area contributed by atoms with Crippen LogP contribution in [-0.2, 0) is 18.9 Å². The van der Waals surface area contributed by atoms with E-state index in [2.05, 4.69) is 0 Å². The van der Waals surface area contributed by atoms with Crippen LogP contribution in [-0.4, -0.2) is 20.0 Å². The van der Waals surface area contributed by atoms with Crippen LogP contribution in [0.25, 0.3) is 17.7 Å². The van der Waals surface area contributed by atoms with E-state index in [9.17, 15) is 19.5 Å². The Morgan fingerprint density at radius 3 is 2.43 bits per heavy atom. The van der Waals surface area contributed by atoms with Gasteiger partial charge in [0.1, 0.15) is 5.56 Å². The summed E-state index contributed by atoms with van der Waals surface area (Å²) in [5.41, 5.74) is 0.440. The second kappa shape index (κ2) is 5.24. The monoisotopic (exact) mass is 310 g/mol. The van der Waals surface area contributed by atoms with E-state index >= 15 is 0 Å². The first-order valence-corrected chi connectivity index (χ1v) is 6.94. The highest BCUT2D eigenvalue weighted by Crippen LogP contribution is 2.28. The van der Waals surface area contributed by atoms with E-state index in [0.717, 1.165) is 14.7 Å². The Kier molecular flexibility index (Phi) is 3.37. The Labute approximate surface area is 131 Å². The topological polar surface area (TPSA) is 81.3 Å². The van der Waals surface area contributed by atoms with Crippen molar-refractivity contribution in [3.8, 4) is 5.88 Å². The molecule has 0 bridgehead atoms. The smallest absolute Gasteiger partial charge is 0.333 e. The predicted octanol–water partition coefficient (Wildman–Crippen LogP) is 0.926. The van der Waals surface area contributed by atoms with E-state index in [0.29, 0.717) is 11.1 Å². The summed E-state index contributed by atoms with van der Waals surface area (Å²) < 4.78 is 1.85. The lowest BCUT2D eigenvalue weighted by Crippen LogP contribution is -2.38. The van der Waals surface area contributed by atoms with Crippen LogP contribution in [0.1, 0.15) is 16.7 Å². The first-order chi connectivity index (χ1) is 10.9. The van der Waals surface area contributed by atoms with Gasteiger partial charge in [0.05, 0.1) is 0 Å². The minimum absolute atomic E-state index is 0.0944. The number of ketones is 1. The number of hydrogen-bond donors (Lipinski definition) is 1. The van der Waals surface area contributed by atoms with Crippen LogP contribution in [0.15, 0.2) is 39.9 Å². The second-order valence-corrected chi connectivity index (χ2v) is 5.29. The molecule has 0 unspecified atom stereocenters. The van der Waals surface area contributed by atoms with Gasteiger partial charge in [-0.2, -0.15) is 0 Å². The zero-order valence-corrected chi connectivity index (χ0v) is 12.6. The third-order valence-corrected chi connectivity index (χ3v) is 3.89. The third kappa shape index (κ3) is 2.24. The molecule has 0 saturated heterocycles. The van der Waals surface area contributed by atoms with E-state index < -0.39 is 17.1 Å². The fraction of sp³-hybridized carbons (Fsp3) is 0.118. The van der Waals surface area contributed by atoms with Crippen LogP contribution in [0, 0.1) is 0 Å². The maximum absolute atomic E-state index is 12.3. The zero-order chi connectivity index (χ0) is 16.7. The van der Waals surface area contributed by atoms with Crippen molar-refractivity contribution in [2.75, 3.05) is 0 Å².